The second kappa shape index (κ2) is 5.68. The van der Waals surface area contributed by atoms with E-state index in [2.05, 4.69) is 21.8 Å². The standard InChI is InChI=1S/C13H19N3O/c1-3-6-15-12(8-11-5-4-7-17-11)13-9-14-10-16(13)2/h4-5,7,9-10,12,15H,3,6,8H2,1-2H3. The number of aromatic nitrogens is 2. The molecule has 2 aromatic rings. The Morgan fingerprint density at radius 2 is 2.41 bits per heavy atom. The van der Waals surface area contributed by atoms with Crippen molar-refractivity contribution in [1.82, 2.24) is 14.9 Å². The summed E-state index contributed by atoms with van der Waals surface area (Å²) in [5.41, 5.74) is 1.19. The molecule has 1 unspecified atom stereocenters. The average Bonchev–Trinajstić information content (AvgIpc) is 2.95. The fourth-order valence-corrected chi connectivity index (χ4v) is 1.93. The molecule has 0 bridgehead atoms. The van der Waals surface area contributed by atoms with E-state index in [0.29, 0.717) is 0 Å². The monoisotopic (exact) mass is 233 g/mol. The minimum atomic E-state index is 0.258. The number of imidazole rings is 1. The molecule has 4 nitrogen and oxygen atoms in total. The van der Waals surface area contributed by atoms with Crippen molar-refractivity contribution in [2.75, 3.05) is 6.54 Å². The number of aryl methyl sites for hydroxylation is 1. The molecule has 2 aromatic heterocycles. The lowest BCUT2D eigenvalue weighted by molar-refractivity contribution is 0.438. The van der Waals surface area contributed by atoms with E-state index >= 15 is 0 Å². The zero-order valence-corrected chi connectivity index (χ0v) is 10.4. The van der Waals surface area contributed by atoms with Gasteiger partial charge in [-0.2, -0.15) is 0 Å². The summed E-state index contributed by atoms with van der Waals surface area (Å²) < 4.78 is 7.46. The summed E-state index contributed by atoms with van der Waals surface area (Å²) in [6.07, 6.45) is 7.43. The number of hydrogen-bond acceptors (Lipinski definition) is 3. The van der Waals surface area contributed by atoms with E-state index in [9.17, 15) is 0 Å². The van der Waals surface area contributed by atoms with E-state index < -0.39 is 0 Å². The van der Waals surface area contributed by atoms with Crippen LogP contribution in [0.25, 0.3) is 0 Å². The van der Waals surface area contributed by atoms with Crippen molar-refractivity contribution in [3.8, 4) is 0 Å². The molecule has 0 saturated carbocycles. The molecular formula is C13H19N3O. The van der Waals surface area contributed by atoms with E-state index in [1.807, 2.05) is 31.7 Å². The van der Waals surface area contributed by atoms with E-state index in [1.54, 1.807) is 6.26 Å². The average molecular weight is 233 g/mol. The van der Waals surface area contributed by atoms with Crippen molar-refractivity contribution in [3.05, 3.63) is 42.4 Å². The summed E-state index contributed by atoms with van der Waals surface area (Å²) in [5, 5.41) is 3.53. The maximum absolute atomic E-state index is 5.41. The number of rotatable bonds is 6. The molecule has 2 heterocycles. The SMILES string of the molecule is CCCNC(Cc1ccco1)c1cncn1C. The molecule has 0 radical (unpaired) electrons. The van der Waals surface area contributed by atoms with Gasteiger partial charge in [0.15, 0.2) is 0 Å². The fourth-order valence-electron chi connectivity index (χ4n) is 1.93. The molecule has 0 saturated heterocycles. The molecule has 0 aliphatic heterocycles. The van der Waals surface area contributed by atoms with Crippen molar-refractivity contribution >= 4 is 0 Å². The van der Waals surface area contributed by atoms with Crippen LogP contribution in [0.1, 0.15) is 30.8 Å². The van der Waals surface area contributed by atoms with Gasteiger partial charge in [0, 0.05) is 19.7 Å². The van der Waals surface area contributed by atoms with Gasteiger partial charge in [0.2, 0.25) is 0 Å². The van der Waals surface area contributed by atoms with Crippen LogP contribution >= 0.6 is 0 Å². The second-order valence-electron chi connectivity index (χ2n) is 4.22. The Labute approximate surface area is 102 Å². The largest absolute Gasteiger partial charge is 0.469 e. The van der Waals surface area contributed by atoms with Crippen molar-refractivity contribution in [1.29, 1.82) is 0 Å². The smallest absolute Gasteiger partial charge is 0.105 e. The van der Waals surface area contributed by atoms with Crippen LogP contribution in [0.2, 0.25) is 0 Å². The molecule has 0 aliphatic carbocycles. The summed E-state index contributed by atoms with van der Waals surface area (Å²) in [5.74, 6) is 1.000. The van der Waals surface area contributed by atoms with Gasteiger partial charge in [0.05, 0.1) is 24.3 Å². The quantitative estimate of drug-likeness (QED) is 0.832. The molecule has 0 fully saturated rings. The highest BCUT2D eigenvalue weighted by atomic mass is 16.3. The molecule has 17 heavy (non-hydrogen) atoms. The number of hydrogen-bond donors (Lipinski definition) is 1. The highest BCUT2D eigenvalue weighted by Crippen LogP contribution is 2.18. The van der Waals surface area contributed by atoms with Crippen LogP contribution in [0.5, 0.6) is 0 Å². The molecule has 2 rings (SSSR count). The Morgan fingerprint density at radius 3 is 3.00 bits per heavy atom. The normalized spacial score (nSPS) is 12.8. The first-order chi connectivity index (χ1) is 8.31. The third kappa shape index (κ3) is 2.97. The van der Waals surface area contributed by atoms with Gasteiger partial charge in [0.1, 0.15) is 5.76 Å². The lowest BCUT2D eigenvalue weighted by Crippen LogP contribution is -2.25. The summed E-state index contributed by atoms with van der Waals surface area (Å²) in [4.78, 5) is 4.17. The van der Waals surface area contributed by atoms with Crippen molar-refractivity contribution in [3.63, 3.8) is 0 Å². The molecule has 0 spiro atoms. The summed E-state index contributed by atoms with van der Waals surface area (Å²) in [6, 6.07) is 4.19. The second-order valence-corrected chi connectivity index (χ2v) is 4.22. The molecule has 1 N–H and O–H groups in total. The molecule has 92 valence electrons. The molecular weight excluding hydrogens is 214 g/mol. The topological polar surface area (TPSA) is 43.0 Å². The highest BCUT2D eigenvalue weighted by Gasteiger charge is 2.15. The van der Waals surface area contributed by atoms with Crippen molar-refractivity contribution in [2.45, 2.75) is 25.8 Å². The lowest BCUT2D eigenvalue weighted by atomic mass is 10.1. The van der Waals surface area contributed by atoms with Gasteiger partial charge >= 0.3 is 0 Å². The van der Waals surface area contributed by atoms with Gasteiger partial charge in [-0.15, -0.1) is 0 Å². The Kier molecular flexibility index (Phi) is 3.98. The predicted octanol–water partition coefficient (Wildman–Crippen LogP) is 2.30. The Morgan fingerprint density at radius 1 is 1.53 bits per heavy atom. The molecule has 0 amide bonds. The van der Waals surface area contributed by atoms with Crippen LogP contribution in [0.4, 0.5) is 0 Å². The fraction of sp³-hybridized carbons (Fsp3) is 0.462. The first kappa shape index (κ1) is 11.9. The van der Waals surface area contributed by atoms with E-state index in [4.69, 9.17) is 4.42 Å². The number of nitrogens with one attached hydrogen (secondary N) is 1. The van der Waals surface area contributed by atoms with E-state index in [-0.39, 0.29) is 6.04 Å². The maximum atomic E-state index is 5.41. The van der Waals surface area contributed by atoms with E-state index in [1.165, 1.54) is 5.69 Å². The lowest BCUT2D eigenvalue weighted by Gasteiger charge is -2.17. The van der Waals surface area contributed by atoms with Gasteiger partial charge < -0.3 is 14.3 Å². The minimum absolute atomic E-state index is 0.258. The van der Waals surface area contributed by atoms with Crippen LogP contribution in [-0.2, 0) is 13.5 Å². The van der Waals surface area contributed by atoms with Crippen LogP contribution in [0.15, 0.2) is 35.3 Å². The first-order valence-electron chi connectivity index (χ1n) is 6.03. The minimum Gasteiger partial charge on any atom is -0.469 e. The van der Waals surface area contributed by atoms with Crippen LogP contribution in [0.3, 0.4) is 0 Å². The highest BCUT2D eigenvalue weighted by molar-refractivity contribution is 5.10. The Balaban J connectivity index is 2.11. The van der Waals surface area contributed by atoms with Gasteiger partial charge in [-0.05, 0) is 25.1 Å². The van der Waals surface area contributed by atoms with Gasteiger partial charge in [0.25, 0.3) is 0 Å². The molecule has 4 heteroatoms. The van der Waals surface area contributed by atoms with Crippen LogP contribution in [0, 0.1) is 0 Å². The third-order valence-corrected chi connectivity index (χ3v) is 2.84. The van der Waals surface area contributed by atoms with Crippen molar-refractivity contribution in [2.24, 2.45) is 7.05 Å². The molecule has 1 atom stereocenters. The van der Waals surface area contributed by atoms with Crippen LogP contribution in [-0.4, -0.2) is 16.1 Å². The third-order valence-electron chi connectivity index (χ3n) is 2.84. The van der Waals surface area contributed by atoms with Crippen LogP contribution < -0.4 is 5.32 Å². The van der Waals surface area contributed by atoms with Gasteiger partial charge in [-0.1, -0.05) is 6.92 Å². The predicted molar refractivity (Wildman–Crippen MR) is 66.7 cm³/mol. The summed E-state index contributed by atoms with van der Waals surface area (Å²) in [6.45, 7) is 3.16. The first-order valence-corrected chi connectivity index (χ1v) is 6.03. The number of nitrogens with zero attached hydrogens (tertiary/aromatic N) is 2. The zero-order valence-electron chi connectivity index (χ0n) is 10.4. The molecule has 0 aliphatic rings. The Bertz CT molecular complexity index is 433. The van der Waals surface area contributed by atoms with Gasteiger partial charge in [-0.25, -0.2) is 4.98 Å². The zero-order chi connectivity index (χ0) is 12.1. The summed E-state index contributed by atoms with van der Waals surface area (Å²) in [7, 11) is 2.02. The van der Waals surface area contributed by atoms with Crippen molar-refractivity contribution < 1.29 is 4.42 Å². The molecule has 0 aromatic carbocycles. The van der Waals surface area contributed by atoms with Gasteiger partial charge in [-0.3, -0.25) is 0 Å². The number of furan rings is 1. The maximum Gasteiger partial charge on any atom is 0.105 e. The van der Waals surface area contributed by atoms with E-state index in [0.717, 1.165) is 25.1 Å². The summed E-state index contributed by atoms with van der Waals surface area (Å²) >= 11 is 0. The Hall–Kier alpha value is -1.55.